The maximum Gasteiger partial charge on any atom is 0.419 e. The topological polar surface area (TPSA) is 12.0 Å². The molecule has 1 aliphatic rings. The molecule has 1 aromatic rings. The second-order valence-corrected chi connectivity index (χ2v) is 3.96. The van der Waals surface area contributed by atoms with Gasteiger partial charge in [-0.25, -0.2) is 4.39 Å². The Morgan fingerprint density at radius 3 is 2.31 bits per heavy atom. The Morgan fingerprint density at radius 1 is 1.19 bits per heavy atom. The molecule has 16 heavy (non-hydrogen) atoms. The Bertz CT molecular complexity index is 382. The maximum atomic E-state index is 13.2. The van der Waals surface area contributed by atoms with Gasteiger partial charge in [0.05, 0.1) is 5.56 Å². The van der Waals surface area contributed by atoms with Crippen LogP contribution in [0.25, 0.3) is 0 Å². The van der Waals surface area contributed by atoms with Gasteiger partial charge in [-0.2, -0.15) is 13.2 Å². The third-order valence-corrected chi connectivity index (χ3v) is 2.75. The average Bonchev–Trinajstić information content (AvgIpc) is 2.09. The largest absolute Gasteiger partial charge is 0.419 e. The van der Waals surface area contributed by atoms with E-state index in [1.807, 2.05) is 0 Å². The van der Waals surface area contributed by atoms with Crippen molar-refractivity contribution in [2.45, 2.75) is 31.5 Å². The van der Waals surface area contributed by atoms with E-state index in [0.29, 0.717) is 5.69 Å². The summed E-state index contributed by atoms with van der Waals surface area (Å²) in [5.41, 5.74) is -0.804. The smallest absolute Gasteiger partial charge is 0.382 e. The molecular weight excluding hydrogens is 222 g/mol. The normalized spacial score (nSPS) is 17.0. The molecule has 1 aliphatic carbocycles. The van der Waals surface area contributed by atoms with E-state index >= 15 is 0 Å². The lowest BCUT2D eigenvalue weighted by molar-refractivity contribution is -0.139. The first-order chi connectivity index (χ1) is 7.47. The Morgan fingerprint density at radius 2 is 1.88 bits per heavy atom. The molecule has 0 amide bonds. The Kier molecular flexibility index (Phi) is 2.78. The van der Waals surface area contributed by atoms with Crippen molar-refractivity contribution in [3.05, 3.63) is 29.6 Å². The van der Waals surface area contributed by atoms with E-state index in [0.717, 1.165) is 31.4 Å². The number of hydrogen-bond acceptors (Lipinski definition) is 1. The molecule has 2 rings (SSSR count). The Hall–Kier alpha value is -1.26. The lowest BCUT2D eigenvalue weighted by Gasteiger charge is -2.27. The van der Waals surface area contributed by atoms with Crippen LogP contribution in [0.5, 0.6) is 0 Å². The highest BCUT2D eigenvalue weighted by molar-refractivity contribution is 5.47. The van der Waals surface area contributed by atoms with E-state index in [1.165, 1.54) is 6.07 Å². The van der Waals surface area contributed by atoms with Gasteiger partial charge in [-0.3, -0.25) is 0 Å². The zero-order valence-electron chi connectivity index (χ0n) is 8.44. The second-order valence-electron chi connectivity index (χ2n) is 3.96. The van der Waals surface area contributed by atoms with Crippen LogP contribution in [0.4, 0.5) is 23.2 Å². The van der Waals surface area contributed by atoms with Crippen LogP contribution in [-0.4, -0.2) is 6.04 Å². The minimum absolute atomic E-state index is 0.274. The highest BCUT2D eigenvalue weighted by Crippen LogP contribution is 2.33. The number of anilines is 1. The summed E-state index contributed by atoms with van der Waals surface area (Å²) in [4.78, 5) is 0. The van der Waals surface area contributed by atoms with Gasteiger partial charge < -0.3 is 5.32 Å². The predicted molar refractivity (Wildman–Crippen MR) is 52.7 cm³/mol. The fourth-order valence-electron chi connectivity index (χ4n) is 1.62. The van der Waals surface area contributed by atoms with E-state index in [9.17, 15) is 17.6 Å². The zero-order chi connectivity index (χ0) is 11.8. The molecule has 1 aromatic carbocycles. The van der Waals surface area contributed by atoms with Crippen LogP contribution in [0.3, 0.4) is 0 Å². The first-order valence-corrected chi connectivity index (χ1v) is 5.10. The molecule has 0 atom stereocenters. The van der Waals surface area contributed by atoms with Crippen LogP contribution in [0.1, 0.15) is 24.8 Å². The van der Waals surface area contributed by atoms with E-state index < -0.39 is 17.6 Å². The quantitative estimate of drug-likeness (QED) is 0.766. The van der Waals surface area contributed by atoms with Crippen molar-refractivity contribution in [2.24, 2.45) is 0 Å². The second kappa shape index (κ2) is 3.96. The van der Waals surface area contributed by atoms with Gasteiger partial charge in [-0.15, -0.1) is 0 Å². The highest BCUT2D eigenvalue weighted by atomic mass is 19.4. The maximum absolute atomic E-state index is 13.2. The van der Waals surface area contributed by atoms with Crippen LogP contribution in [0.15, 0.2) is 18.2 Å². The van der Waals surface area contributed by atoms with Gasteiger partial charge in [0.25, 0.3) is 0 Å². The third kappa shape index (κ3) is 2.28. The molecule has 1 nitrogen and oxygen atoms in total. The standard InChI is InChI=1S/C11H11F4N/c12-10-6-8(16-7-2-1-3-7)4-5-9(10)11(13,14)15/h4-7,16H,1-3H2. The van der Waals surface area contributed by atoms with Gasteiger partial charge >= 0.3 is 6.18 Å². The van der Waals surface area contributed by atoms with Gasteiger partial charge in [0.15, 0.2) is 0 Å². The molecule has 0 saturated heterocycles. The Labute approximate surface area is 90.5 Å². The SMILES string of the molecule is Fc1cc(NC2CCC2)ccc1C(F)(F)F. The monoisotopic (exact) mass is 233 g/mol. The molecule has 0 aromatic heterocycles. The molecule has 0 spiro atoms. The van der Waals surface area contributed by atoms with Crippen LogP contribution in [-0.2, 0) is 6.18 Å². The summed E-state index contributed by atoms with van der Waals surface area (Å²) >= 11 is 0. The molecule has 0 aliphatic heterocycles. The van der Waals surface area contributed by atoms with Crippen LogP contribution in [0, 0.1) is 5.82 Å². The number of halogens is 4. The minimum Gasteiger partial charge on any atom is -0.382 e. The van der Waals surface area contributed by atoms with Gasteiger partial charge in [0.2, 0.25) is 0 Å². The van der Waals surface area contributed by atoms with Crippen molar-refractivity contribution in [2.75, 3.05) is 5.32 Å². The first-order valence-electron chi connectivity index (χ1n) is 5.10. The summed E-state index contributed by atoms with van der Waals surface area (Å²) in [5.74, 6) is -1.23. The van der Waals surface area contributed by atoms with Crippen molar-refractivity contribution >= 4 is 5.69 Å². The molecule has 0 bridgehead atoms. The van der Waals surface area contributed by atoms with Gasteiger partial charge in [0, 0.05) is 11.7 Å². The number of benzene rings is 1. The van der Waals surface area contributed by atoms with Crippen molar-refractivity contribution < 1.29 is 17.6 Å². The van der Waals surface area contributed by atoms with Crippen molar-refractivity contribution in [3.63, 3.8) is 0 Å². The van der Waals surface area contributed by atoms with E-state index in [4.69, 9.17) is 0 Å². The summed E-state index contributed by atoms with van der Waals surface area (Å²) in [7, 11) is 0. The van der Waals surface area contributed by atoms with Gasteiger partial charge in [-0.05, 0) is 37.5 Å². The van der Waals surface area contributed by atoms with E-state index in [1.54, 1.807) is 0 Å². The molecule has 0 unspecified atom stereocenters. The van der Waals surface area contributed by atoms with Crippen molar-refractivity contribution in [1.82, 2.24) is 0 Å². The third-order valence-electron chi connectivity index (χ3n) is 2.75. The predicted octanol–water partition coefficient (Wildman–Crippen LogP) is 3.81. The summed E-state index contributed by atoms with van der Waals surface area (Å²) in [5, 5.41) is 2.99. The summed E-state index contributed by atoms with van der Waals surface area (Å²) in [6.45, 7) is 0. The van der Waals surface area contributed by atoms with Crippen LogP contribution in [0.2, 0.25) is 0 Å². The lowest BCUT2D eigenvalue weighted by Crippen LogP contribution is -2.27. The molecule has 5 heteroatoms. The molecule has 1 N–H and O–H groups in total. The fraction of sp³-hybridized carbons (Fsp3) is 0.455. The van der Waals surface area contributed by atoms with Crippen LogP contribution >= 0.6 is 0 Å². The van der Waals surface area contributed by atoms with Crippen LogP contribution < -0.4 is 5.32 Å². The molecule has 0 heterocycles. The van der Waals surface area contributed by atoms with Gasteiger partial charge in [-0.1, -0.05) is 0 Å². The summed E-state index contributed by atoms with van der Waals surface area (Å²) in [6, 6.07) is 3.22. The van der Waals surface area contributed by atoms with E-state index in [-0.39, 0.29) is 6.04 Å². The van der Waals surface area contributed by atoms with Crippen molar-refractivity contribution in [3.8, 4) is 0 Å². The molecule has 1 saturated carbocycles. The summed E-state index contributed by atoms with van der Waals surface area (Å²) < 4.78 is 49.9. The molecule has 1 fully saturated rings. The molecular formula is C11H11F4N. The number of nitrogens with one attached hydrogen (secondary N) is 1. The first kappa shape index (κ1) is 11.2. The Balaban J connectivity index is 2.15. The average molecular weight is 233 g/mol. The zero-order valence-corrected chi connectivity index (χ0v) is 8.44. The number of hydrogen-bond donors (Lipinski definition) is 1. The summed E-state index contributed by atoms with van der Waals surface area (Å²) in [6.07, 6.45) is -1.54. The van der Waals surface area contributed by atoms with E-state index in [2.05, 4.69) is 5.32 Å². The van der Waals surface area contributed by atoms with Crippen molar-refractivity contribution in [1.29, 1.82) is 0 Å². The number of rotatable bonds is 2. The molecule has 0 radical (unpaired) electrons. The lowest BCUT2D eigenvalue weighted by atomic mass is 9.93. The van der Waals surface area contributed by atoms with Gasteiger partial charge in [0.1, 0.15) is 5.82 Å². The number of alkyl halides is 3. The fourth-order valence-corrected chi connectivity index (χ4v) is 1.62. The molecule has 88 valence electrons. The minimum atomic E-state index is -4.63. The highest BCUT2D eigenvalue weighted by Gasteiger charge is 2.34.